The standard InChI is InChI=1S/C22H25N3O4S.C21H26N4O5S.C21H23N3O4S.C12H15N.C8H13N3O4S.CH3I.H2O4S/c1-22(28-2)16-25-21(29-17-22)20(13-23-25)30(26,27)24(14-18-9-5-3-6-10-18)15-19-11-7-4-8-12-19;1-21(29-2)11-25-19(30-12-21)17(10-22-25)31(27,28)24-20(26)23-18-15-7-3-5-13(15)9-14-6-4-8-16(14)18;1-21(25)15-24-20(28-16-21)19(12-22-24)29(26,27)23(13-17-8-4-2-5-9-17)14-18-10-6-3-7-11-18;13-12-10-5-1-3-8(10)7-9-4-2-6-11(9)12;1-8(14-2)4-11-7(15-5-8)6(3-10-11)16(9,12)13;1-2;1-5(2,3)4/h3-13H,14-17H2,1-2H3;9-10H,3-8,11-12H2,1-2H3,(H2,23,24,26);2-12,25H,13-16H2,1H3;7H,1-6,13H2;3H,4-5H2,1-2H3,(H2,9,12,13);1H3;(H2,1,2,3,4). The van der Waals surface area contributed by atoms with Crippen molar-refractivity contribution in [1.82, 2.24) is 52.5 Å². The SMILES string of the molecule is CC1(O)COc2c(S(=O)(=O)N(Cc3ccccc3)Cc3ccccc3)cnn2C1.CI.COC1(C)COc2c(S(=O)(=O)N(Cc3ccccc3)Cc3ccccc3)cnn2C1.COC1(C)COc2c(S(=O)(=O)NC(=O)Nc3c4c(cc5c3CCC5)CCC4)cnn2C1.COC1(C)COc2c(S(N)(=O)=O)cnn2C1.Nc1c2c(cc3c1CCC3)CCC2.O=S(=O)(O)O. The Balaban J connectivity index is 0.000000144. The highest BCUT2D eigenvalue weighted by atomic mass is 127. The number of nitrogen functional groups attached to an aromatic ring is 1. The molecule has 8 aliphatic rings. The molecule has 4 aliphatic carbocycles. The van der Waals surface area contributed by atoms with Crippen molar-refractivity contribution in [2.24, 2.45) is 5.14 Å². The van der Waals surface area contributed by atoms with Crippen molar-refractivity contribution in [1.29, 1.82) is 0 Å². The summed E-state index contributed by atoms with van der Waals surface area (Å²) in [5.41, 5.74) is 19.8. The van der Waals surface area contributed by atoms with E-state index in [0.717, 1.165) is 83.3 Å². The van der Waals surface area contributed by atoms with E-state index >= 15 is 0 Å². The smallest absolute Gasteiger partial charge is 0.394 e. The van der Waals surface area contributed by atoms with Gasteiger partial charge in [-0.05, 0) is 176 Å². The lowest BCUT2D eigenvalue weighted by Gasteiger charge is -2.33. The molecular weight excluding hydrogens is 1840 g/mol. The van der Waals surface area contributed by atoms with Gasteiger partial charge < -0.3 is 49.3 Å². The molecule has 0 saturated carbocycles. The first-order chi connectivity index (χ1) is 59.8. The summed E-state index contributed by atoms with van der Waals surface area (Å²) in [6.45, 7) is 10.3. The van der Waals surface area contributed by atoms with E-state index in [0.29, 0.717) is 19.6 Å². The zero-order valence-corrected chi connectivity index (χ0v) is 77.5. The fourth-order valence-electron chi connectivity index (χ4n) is 15.9. The van der Waals surface area contributed by atoms with Crippen LogP contribution in [0.25, 0.3) is 0 Å². The fraction of sp³-hybridized carbons (Fsp3) is 0.424. The molecule has 4 aliphatic heterocycles. The molecular formula is C85H107IN14O21S5. The topological polar surface area (TPSA) is 467 Å². The van der Waals surface area contributed by atoms with Crippen molar-refractivity contribution in [3.63, 3.8) is 0 Å². The van der Waals surface area contributed by atoms with Crippen LogP contribution in [0.3, 0.4) is 0 Å². The maximum atomic E-state index is 13.7. The van der Waals surface area contributed by atoms with Gasteiger partial charge in [-0.2, -0.15) is 37.4 Å². The van der Waals surface area contributed by atoms with Crippen LogP contribution < -0.4 is 39.9 Å². The van der Waals surface area contributed by atoms with Gasteiger partial charge in [-0.25, -0.2) is 67.1 Å². The number of carbonyl (C=O) groups is 1. The number of anilines is 2. The molecule has 0 fully saturated rings. The number of aromatic nitrogens is 8. The van der Waals surface area contributed by atoms with Gasteiger partial charge in [0, 0.05) is 58.9 Å². The number of aryl methyl sites for hydroxylation is 4. The highest BCUT2D eigenvalue weighted by Gasteiger charge is 2.43. The average Bonchev–Trinajstić information content (AvgIpc) is 1.48. The predicted octanol–water partition coefficient (Wildman–Crippen LogP) is 9.63. The maximum Gasteiger partial charge on any atom is 0.394 e. The van der Waals surface area contributed by atoms with Gasteiger partial charge in [-0.1, -0.05) is 156 Å². The molecule has 8 heterocycles. The Bertz CT molecular complexity index is 5960. The van der Waals surface area contributed by atoms with Crippen LogP contribution in [0.1, 0.15) is 120 Å². The largest absolute Gasteiger partial charge is 0.474 e. The predicted molar refractivity (Wildman–Crippen MR) is 477 cm³/mol. The molecule has 0 saturated heterocycles. The van der Waals surface area contributed by atoms with Crippen LogP contribution in [0.4, 0.5) is 16.2 Å². The van der Waals surface area contributed by atoms with Crippen LogP contribution in [-0.2, 0) is 168 Å². The zero-order chi connectivity index (χ0) is 90.8. The van der Waals surface area contributed by atoms with E-state index in [9.17, 15) is 43.6 Å². The minimum Gasteiger partial charge on any atom is -0.474 e. The molecule has 680 valence electrons. The molecule has 41 heteroatoms. The first-order valence-electron chi connectivity index (χ1n) is 40.6. The van der Waals surface area contributed by atoms with Crippen LogP contribution >= 0.6 is 22.6 Å². The second kappa shape index (κ2) is 40.1. The number of sulfonamides is 4. The van der Waals surface area contributed by atoms with Crippen molar-refractivity contribution in [2.45, 2.75) is 199 Å². The van der Waals surface area contributed by atoms with E-state index in [1.807, 2.05) is 147 Å². The van der Waals surface area contributed by atoms with Crippen molar-refractivity contribution in [2.75, 3.05) is 63.7 Å². The van der Waals surface area contributed by atoms with Crippen molar-refractivity contribution in [3.8, 4) is 23.5 Å². The Labute approximate surface area is 748 Å². The number of benzene rings is 6. The molecule has 0 bridgehead atoms. The number of rotatable bonds is 19. The van der Waals surface area contributed by atoms with E-state index in [4.69, 9.17) is 61.6 Å². The molecule has 4 aromatic heterocycles. The number of methoxy groups -OCH3 is 3. The number of fused-ring (bicyclic) bond motifs is 8. The number of halogens is 1. The number of nitrogens with two attached hydrogens (primary N) is 2. The van der Waals surface area contributed by atoms with Crippen LogP contribution in [-0.4, -0.2) is 185 Å². The number of ether oxygens (including phenoxy) is 7. The third-order valence-corrected chi connectivity index (χ3v) is 28.4. The third kappa shape index (κ3) is 23.2. The maximum absolute atomic E-state index is 13.7. The number of urea groups is 1. The molecule has 6 aromatic carbocycles. The Morgan fingerprint density at radius 2 is 0.738 bits per heavy atom. The molecule has 126 heavy (non-hydrogen) atoms. The van der Waals surface area contributed by atoms with Crippen molar-refractivity contribution >= 4 is 90.5 Å². The number of hydrogen-bond donors (Lipinski definition) is 7. The molecule has 4 atom stereocenters. The number of nitrogens with zero attached hydrogens (tertiary/aromatic N) is 10. The lowest BCUT2D eigenvalue weighted by molar-refractivity contribution is -0.0655. The minimum atomic E-state index is -4.67. The van der Waals surface area contributed by atoms with Gasteiger partial charge in [0.15, 0.2) is 19.6 Å². The van der Waals surface area contributed by atoms with Crippen molar-refractivity contribution in [3.05, 3.63) is 225 Å². The normalized spacial score (nSPS) is 19.8. The van der Waals surface area contributed by atoms with Crippen molar-refractivity contribution < 1.29 is 94.3 Å². The average molecular weight is 1950 g/mol. The summed E-state index contributed by atoms with van der Waals surface area (Å²) in [5.74, 6) is 0.714. The van der Waals surface area contributed by atoms with Crippen LogP contribution in [0, 0.1) is 0 Å². The summed E-state index contributed by atoms with van der Waals surface area (Å²) in [7, 11) is -15.6. The highest BCUT2D eigenvalue weighted by Crippen LogP contribution is 2.42. The summed E-state index contributed by atoms with van der Waals surface area (Å²) in [5, 5.41) is 34.5. The number of carbonyl (C=O) groups excluding carboxylic acids is 1. The van der Waals surface area contributed by atoms with Gasteiger partial charge in [0.05, 0.1) is 51.0 Å². The third-order valence-electron chi connectivity index (χ3n) is 22.6. The minimum absolute atomic E-state index is 0.0125. The highest BCUT2D eigenvalue weighted by molar-refractivity contribution is 14.1. The number of alkyl halides is 1. The molecule has 4 unspecified atom stereocenters. The number of nitrogens with one attached hydrogen (secondary N) is 2. The first kappa shape index (κ1) is 95.7. The number of aliphatic hydroxyl groups is 1. The zero-order valence-electron chi connectivity index (χ0n) is 71.2. The second-order valence-electron chi connectivity index (χ2n) is 32.5. The van der Waals surface area contributed by atoms with E-state index in [2.05, 4.69) is 65.2 Å². The van der Waals surface area contributed by atoms with Crippen LogP contribution in [0.2, 0.25) is 0 Å². The molecule has 0 radical (unpaired) electrons. The second-order valence-corrected chi connectivity index (χ2v) is 40.4. The van der Waals surface area contributed by atoms with E-state index in [-0.39, 0.29) is 102 Å². The number of amides is 2. The first-order valence-corrected chi connectivity index (χ1v) is 50.1. The van der Waals surface area contributed by atoms with Gasteiger partial charge in [0.1, 0.15) is 48.8 Å². The number of primary sulfonamides is 1. The summed E-state index contributed by atoms with van der Waals surface area (Å²) < 4.78 is 184. The Morgan fingerprint density at radius 1 is 0.452 bits per heavy atom. The molecule has 2 amide bonds. The summed E-state index contributed by atoms with van der Waals surface area (Å²) in [4.78, 5) is 14.6. The van der Waals surface area contributed by atoms with Crippen LogP contribution in [0.15, 0.2) is 178 Å². The van der Waals surface area contributed by atoms with Gasteiger partial charge in [-0.3, -0.25) is 9.11 Å². The van der Waals surface area contributed by atoms with Gasteiger partial charge in [0.25, 0.3) is 30.1 Å². The Hall–Kier alpha value is -9.45. The molecule has 35 nitrogen and oxygen atoms in total. The Kier molecular flexibility index (Phi) is 30.4. The van der Waals surface area contributed by atoms with E-state index in [1.54, 1.807) is 32.9 Å². The van der Waals surface area contributed by atoms with Gasteiger partial charge in [0.2, 0.25) is 33.5 Å². The van der Waals surface area contributed by atoms with E-state index < -0.39 is 78.9 Å². The number of hydrogen-bond acceptors (Lipinski definition) is 24. The van der Waals surface area contributed by atoms with Crippen LogP contribution in [0.5, 0.6) is 23.5 Å². The Morgan fingerprint density at radius 3 is 1.07 bits per heavy atom. The van der Waals surface area contributed by atoms with Gasteiger partial charge >= 0.3 is 16.4 Å². The lowest BCUT2D eigenvalue weighted by atomic mass is 9.99. The summed E-state index contributed by atoms with van der Waals surface area (Å²) >= 11 is 2.15. The summed E-state index contributed by atoms with van der Waals surface area (Å²) in [6.07, 6.45) is 18.5. The molecule has 18 rings (SSSR count). The molecule has 0 spiro atoms. The lowest BCUT2D eigenvalue weighted by Crippen LogP contribution is -2.44. The molecule has 9 N–H and O–H groups in total. The van der Waals surface area contributed by atoms with E-state index in [1.165, 1.54) is 119 Å². The fourth-order valence-corrected chi connectivity index (χ4v) is 20.5. The summed E-state index contributed by atoms with van der Waals surface area (Å²) in [6, 6.07) is 41.9. The monoisotopic (exact) mass is 1950 g/mol. The van der Waals surface area contributed by atoms with Gasteiger partial charge in [-0.15, -0.1) is 0 Å². The molecule has 10 aromatic rings. The quantitative estimate of drug-likeness (QED) is 0.0171.